The predicted molar refractivity (Wildman–Crippen MR) is 67.5 cm³/mol. The maximum absolute atomic E-state index is 11.5. The number of benzene rings is 1. The van der Waals surface area contributed by atoms with Crippen molar-refractivity contribution in [3.05, 3.63) is 38.9 Å². The van der Waals surface area contributed by atoms with E-state index in [0.717, 1.165) is 0 Å². The van der Waals surface area contributed by atoms with Crippen LogP contribution in [0.15, 0.2) is 12.1 Å². The maximum Gasteiger partial charge on any atom is 0.310 e. The molecule has 19 heavy (non-hydrogen) atoms. The molecule has 0 aliphatic rings. The smallest absolute Gasteiger partial charge is 0.310 e. The van der Waals surface area contributed by atoms with Gasteiger partial charge in [0, 0.05) is 11.6 Å². The Morgan fingerprint density at radius 3 is 2.63 bits per heavy atom. The number of hydrogen-bond donors (Lipinski definition) is 0. The van der Waals surface area contributed by atoms with E-state index < -0.39 is 10.9 Å². The lowest BCUT2D eigenvalue weighted by atomic mass is 9.97. The third-order valence-electron chi connectivity index (χ3n) is 2.65. The van der Waals surface area contributed by atoms with Crippen LogP contribution < -0.4 is 0 Å². The van der Waals surface area contributed by atoms with Crippen molar-refractivity contribution in [2.45, 2.75) is 26.7 Å². The summed E-state index contributed by atoms with van der Waals surface area (Å²) in [5, 5.41) is 19.9. The van der Waals surface area contributed by atoms with Gasteiger partial charge >= 0.3 is 5.97 Å². The van der Waals surface area contributed by atoms with Crippen molar-refractivity contribution in [3.63, 3.8) is 0 Å². The number of carbonyl (C=O) groups excluding carboxylic acids is 1. The molecule has 0 heterocycles. The number of nitro groups is 1. The monoisotopic (exact) mass is 262 g/mol. The fourth-order valence-corrected chi connectivity index (χ4v) is 1.82. The summed E-state index contributed by atoms with van der Waals surface area (Å²) in [7, 11) is 0. The van der Waals surface area contributed by atoms with Gasteiger partial charge in [0.25, 0.3) is 5.69 Å². The fourth-order valence-electron chi connectivity index (χ4n) is 1.82. The minimum atomic E-state index is -0.575. The Morgan fingerprint density at radius 1 is 1.47 bits per heavy atom. The minimum absolute atomic E-state index is 0.154. The Kier molecular flexibility index (Phi) is 5.01. The largest absolute Gasteiger partial charge is 0.466 e. The summed E-state index contributed by atoms with van der Waals surface area (Å²) in [5.74, 6) is -0.509. The van der Waals surface area contributed by atoms with Crippen molar-refractivity contribution < 1.29 is 14.5 Å². The Balaban J connectivity index is 3.30. The van der Waals surface area contributed by atoms with Gasteiger partial charge in [-0.2, -0.15) is 5.26 Å². The van der Waals surface area contributed by atoms with Gasteiger partial charge in [0.15, 0.2) is 0 Å². The second-order valence-electron chi connectivity index (χ2n) is 3.84. The highest BCUT2D eigenvalue weighted by atomic mass is 16.6. The van der Waals surface area contributed by atoms with E-state index in [9.17, 15) is 14.9 Å². The number of nitrogens with zero attached hydrogens (tertiary/aromatic N) is 2. The van der Waals surface area contributed by atoms with Crippen LogP contribution in [0.25, 0.3) is 0 Å². The third-order valence-corrected chi connectivity index (χ3v) is 2.65. The van der Waals surface area contributed by atoms with Crippen molar-refractivity contribution in [1.82, 2.24) is 0 Å². The van der Waals surface area contributed by atoms with E-state index in [1.54, 1.807) is 13.0 Å². The molecule has 0 spiro atoms. The van der Waals surface area contributed by atoms with Gasteiger partial charge in [0.2, 0.25) is 0 Å². The zero-order valence-corrected chi connectivity index (χ0v) is 10.8. The molecule has 0 radical (unpaired) electrons. The number of nitro benzene ring substituents is 1. The molecule has 0 aliphatic heterocycles. The quantitative estimate of drug-likeness (QED) is 0.460. The predicted octanol–water partition coefficient (Wildman–Crippen LogP) is 2.13. The van der Waals surface area contributed by atoms with Gasteiger partial charge in [0.1, 0.15) is 0 Å². The summed E-state index contributed by atoms with van der Waals surface area (Å²) in [6.45, 7) is 3.71. The first-order chi connectivity index (χ1) is 9.03. The van der Waals surface area contributed by atoms with E-state index in [-0.39, 0.29) is 24.3 Å². The molecule has 0 bridgehead atoms. The average Bonchev–Trinajstić information content (AvgIpc) is 2.38. The van der Waals surface area contributed by atoms with Gasteiger partial charge in [-0.1, -0.05) is 6.92 Å². The number of hydrogen-bond acceptors (Lipinski definition) is 5. The summed E-state index contributed by atoms with van der Waals surface area (Å²) >= 11 is 0. The lowest BCUT2D eigenvalue weighted by Gasteiger charge is -2.09. The molecule has 0 N–H and O–H groups in total. The number of esters is 1. The van der Waals surface area contributed by atoms with Crippen LogP contribution in [0.2, 0.25) is 0 Å². The molecule has 0 fully saturated rings. The molecule has 0 saturated heterocycles. The topological polar surface area (TPSA) is 93.2 Å². The van der Waals surface area contributed by atoms with Crippen LogP contribution >= 0.6 is 0 Å². The zero-order chi connectivity index (χ0) is 14.4. The molecule has 0 saturated carbocycles. The van der Waals surface area contributed by atoms with Gasteiger partial charge in [0.05, 0.1) is 29.6 Å². The van der Waals surface area contributed by atoms with E-state index in [4.69, 9.17) is 10.00 Å². The van der Waals surface area contributed by atoms with Crippen LogP contribution in [0.5, 0.6) is 0 Å². The van der Waals surface area contributed by atoms with E-state index in [0.29, 0.717) is 17.5 Å². The molecule has 1 aromatic rings. The molecule has 0 unspecified atom stereocenters. The third kappa shape index (κ3) is 3.52. The Bertz CT molecular complexity index is 546. The van der Waals surface area contributed by atoms with Crippen molar-refractivity contribution in [2.75, 3.05) is 6.61 Å². The summed E-state index contributed by atoms with van der Waals surface area (Å²) in [4.78, 5) is 22.0. The SMILES string of the molecule is CCOC(=O)Cc1c(CC)cc(C#N)cc1[N+](=O)[O-]. The first-order valence-electron chi connectivity index (χ1n) is 5.89. The molecular formula is C13H14N2O4. The molecular weight excluding hydrogens is 248 g/mol. The van der Waals surface area contributed by atoms with Crippen LogP contribution in [0.3, 0.4) is 0 Å². The number of nitriles is 1. The summed E-state index contributed by atoms with van der Waals surface area (Å²) in [6.07, 6.45) is 0.351. The highest BCUT2D eigenvalue weighted by molar-refractivity contribution is 5.75. The second-order valence-corrected chi connectivity index (χ2v) is 3.84. The summed E-state index contributed by atoms with van der Waals surface area (Å²) < 4.78 is 4.81. The van der Waals surface area contributed by atoms with Gasteiger partial charge in [-0.15, -0.1) is 0 Å². The van der Waals surface area contributed by atoms with Gasteiger partial charge in [-0.05, 0) is 25.0 Å². The number of rotatable bonds is 5. The first-order valence-corrected chi connectivity index (χ1v) is 5.89. The van der Waals surface area contributed by atoms with Crippen molar-refractivity contribution in [3.8, 4) is 6.07 Å². The average molecular weight is 262 g/mol. The van der Waals surface area contributed by atoms with Gasteiger partial charge < -0.3 is 4.74 Å². The first kappa shape index (κ1) is 14.6. The van der Waals surface area contributed by atoms with E-state index in [1.807, 2.05) is 13.0 Å². The van der Waals surface area contributed by atoms with Crippen LogP contribution in [0.1, 0.15) is 30.5 Å². The minimum Gasteiger partial charge on any atom is -0.466 e. The molecule has 0 atom stereocenters. The molecule has 0 aromatic heterocycles. The van der Waals surface area contributed by atoms with Crippen LogP contribution in [-0.2, 0) is 22.4 Å². The molecule has 1 rings (SSSR count). The van der Waals surface area contributed by atoms with Crippen LogP contribution in [-0.4, -0.2) is 17.5 Å². The number of aryl methyl sites for hydroxylation is 1. The molecule has 0 amide bonds. The fraction of sp³-hybridized carbons (Fsp3) is 0.385. The van der Waals surface area contributed by atoms with E-state index in [1.165, 1.54) is 6.07 Å². The van der Waals surface area contributed by atoms with E-state index in [2.05, 4.69) is 0 Å². The highest BCUT2D eigenvalue weighted by Crippen LogP contribution is 2.26. The Hall–Kier alpha value is -2.42. The Labute approximate surface area is 110 Å². The van der Waals surface area contributed by atoms with Gasteiger partial charge in [-0.25, -0.2) is 0 Å². The molecule has 0 aliphatic carbocycles. The maximum atomic E-state index is 11.5. The number of carbonyl (C=O) groups is 1. The lowest BCUT2D eigenvalue weighted by Crippen LogP contribution is -2.11. The zero-order valence-electron chi connectivity index (χ0n) is 10.8. The van der Waals surface area contributed by atoms with Crippen molar-refractivity contribution in [1.29, 1.82) is 5.26 Å². The second kappa shape index (κ2) is 6.50. The number of ether oxygens (including phenoxy) is 1. The lowest BCUT2D eigenvalue weighted by molar-refractivity contribution is -0.385. The van der Waals surface area contributed by atoms with Crippen LogP contribution in [0.4, 0.5) is 5.69 Å². The molecule has 100 valence electrons. The van der Waals surface area contributed by atoms with Crippen molar-refractivity contribution >= 4 is 11.7 Å². The molecule has 6 heteroatoms. The van der Waals surface area contributed by atoms with Crippen molar-refractivity contribution in [2.24, 2.45) is 0 Å². The van der Waals surface area contributed by atoms with Gasteiger partial charge in [-0.3, -0.25) is 14.9 Å². The molecule has 1 aromatic carbocycles. The van der Waals surface area contributed by atoms with Crippen LogP contribution in [0, 0.1) is 21.4 Å². The highest BCUT2D eigenvalue weighted by Gasteiger charge is 2.21. The summed E-state index contributed by atoms with van der Waals surface area (Å²) in [6, 6.07) is 4.64. The Morgan fingerprint density at radius 2 is 2.16 bits per heavy atom. The molecule has 6 nitrogen and oxygen atoms in total. The normalized spacial score (nSPS) is 9.74. The standard InChI is InChI=1S/C13H14N2O4/c1-3-10-5-9(8-14)6-12(15(17)18)11(10)7-13(16)19-4-2/h5-6H,3-4,7H2,1-2H3. The summed E-state index contributed by atoms with van der Waals surface area (Å²) in [5.41, 5.74) is 0.962. The van der Waals surface area contributed by atoms with E-state index >= 15 is 0 Å².